The summed E-state index contributed by atoms with van der Waals surface area (Å²) in [6, 6.07) is 3.28. The minimum Gasteiger partial charge on any atom is -0.0631 e. The SMILES string of the molecule is C1CCC1.C1C[SiH2]C1. The van der Waals surface area contributed by atoms with Crippen molar-refractivity contribution in [2.45, 2.75) is 44.2 Å². The molecular weight excluding hydrogens is 112 g/mol. The molecule has 1 aliphatic heterocycles. The van der Waals surface area contributed by atoms with Gasteiger partial charge in [-0.05, 0) is 0 Å². The van der Waals surface area contributed by atoms with E-state index < -0.39 is 0 Å². The second kappa shape index (κ2) is 4.13. The largest absolute Gasteiger partial charge is 0.0631 e. The fraction of sp³-hybridized carbons (Fsp3) is 1.00. The van der Waals surface area contributed by atoms with Gasteiger partial charge in [-0.25, -0.2) is 0 Å². The Hall–Kier alpha value is 0.217. The topological polar surface area (TPSA) is 0 Å². The molecule has 0 bridgehead atoms. The highest BCUT2D eigenvalue weighted by Crippen LogP contribution is 2.15. The van der Waals surface area contributed by atoms with Gasteiger partial charge >= 0.3 is 0 Å². The van der Waals surface area contributed by atoms with Crippen molar-refractivity contribution in [1.82, 2.24) is 0 Å². The first kappa shape index (κ1) is 6.34. The van der Waals surface area contributed by atoms with Crippen LogP contribution in [0.2, 0.25) is 12.1 Å². The van der Waals surface area contributed by atoms with E-state index in [9.17, 15) is 0 Å². The second-order valence-corrected chi connectivity index (χ2v) is 4.95. The van der Waals surface area contributed by atoms with Crippen molar-refractivity contribution in [2.24, 2.45) is 0 Å². The highest BCUT2D eigenvalue weighted by Gasteiger charge is 1.96. The van der Waals surface area contributed by atoms with Crippen molar-refractivity contribution in [1.29, 1.82) is 0 Å². The molecule has 0 amide bonds. The van der Waals surface area contributed by atoms with Gasteiger partial charge < -0.3 is 0 Å². The van der Waals surface area contributed by atoms with Crippen molar-refractivity contribution in [3.63, 3.8) is 0 Å². The Morgan fingerprint density at radius 1 is 0.625 bits per heavy atom. The van der Waals surface area contributed by atoms with E-state index in [2.05, 4.69) is 0 Å². The minimum absolute atomic E-state index is 0.605. The van der Waals surface area contributed by atoms with Crippen LogP contribution in [0.25, 0.3) is 0 Å². The van der Waals surface area contributed by atoms with Gasteiger partial charge in [0.05, 0.1) is 0 Å². The molecule has 8 heavy (non-hydrogen) atoms. The van der Waals surface area contributed by atoms with Gasteiger partial charge in [-0.1, -0.05) is 44.2 Å². The lowest BCUT2D eigenvalue weighted by atomic mass is 10.0. The van der Waals surface area contributed by atoms with E-state index >= 15 is 0 Å². The molecule has 0 unspecified atom stereocenters. The van der Waals surface area contributed by atoms with Gasteiger partial charge in [0.15, 0.2) is 0 Å². The number of rotatable bonds is 0. The van der Waals surface area contributed by atoms with Gasteiger partial charge in [-0.2, -0.15) is 0 Å². The molecule has 2 rings (SSSR count). The monoisotopic (exact) mass is 128 g/mol. The Morgan fingerprint density at radius 2 is 0.875 bits per heavy atom. The van der Waals surface area contributed by atoms with Crippen LogP contribution in [0.1, 0.15) is 32.1 Å². The third kappa shape index (κ3) is 2.51. The summed E-state index contributed by atoms with van der Waals surface area (Å²) in [6.07, 6.45) is 7.56. The highest BCUT2D eigenvalue weighted by molar-refractivity contribution is 6.38. The fourth-order valence-electron chi connectivity index (χ4n) is 0.500. The Balaban J connectivity index is 0.0000000800. The molecule has 48 valence electrons. The first-order chi connectivity index (χ1) is 4.00. The van der Waals surface area contributed by atoms with E-state index in [1.165, 1.54) is 25.7 Å². The molecule has 2 aliphatic rings. The summed E-state index contributed by atoms with van der Waals surface area (Å²) in [6.45, 7) is 0. The van der Waals surface area contributed by atoms with E-state index in [-0.39, 0.29) is 0 Å². The van der Waals surface area contributed by atoms with Gasteiger partial charge in [0.1, 0.15) is 0 Å². The number of hydrogen-bond donors (Lipinski definition) is 0. The van der Waals surface area contributed by atoms with Crippen LogP contribution in [0.3, 0.4) is 0 Å². The lowest BCUT2D eigenvalue weighted by molar-refractivity contribution is 0.504. The van der Waals surface area contributed by atoms with E-state index in [0.717, 1.165) is 0 Å². The van der Waals surface area contributed by atoms with Gasteiger partial charge in [0.2, 0.25) is 0 Å². The molecule has 0 spiro atoms. The molecule has 2 fully saturated rings. The van der Waals surface area contributed by atoms with E-state index in [4.69, 9.17) is 0 Å². The van der Waals surface area contributed by atoms with Crippen LogP contribution >= 0.6 is 0 Å². The van der Waals surface area contributed by atoms with Crippen LogP contribution in [-0.2, 0) is 0 Å². The maximum absolute atomic E-state index is 1.64. The van der Waals surface area contributed by atoms with Crippen molar-refractivity contribution in [3.05, 3.63) is 0 Å². The van der Waals surface area contributed by atoms with Crippen LogP contribution in [-0.4, -0.2) is 9.52 Å². The minimum atomic E-state index is 0.605. The quantitative estimate of drug-likeness (QED) is 0.437. The maximum atomic E-state index is 1.64. The molecular formula is C7H16Si. The predicted octanol–water partition coefficient (Wildman–Crippen LogP) is 1.96. The van der Waals surface area contributed by atoms with Crippen LogP contribution in [0.5, 0.6) is 0 Å². The lowest BCUT2D eigenvalue weighted by Crippen LogP contribution is -1.98. The maximum Gasteiger partial charge on any atom is 0.0197 e. The van der Waals surface area contributed by atoms with Crippen LogP contribution in [0, 0.1) is 0 Å². The van der Waals surface area contributed by atoms with Crippen LogP contribution < -0.4 is 0 Å². The Bertz CT molecular complexity index is 28.3. The normalized spacial score (nSPS) is 24.0. The molecule has 0 radical (unpaired) electrons. The molecule has 1 saturated heterocycles. The smallest absolute Gasteiger partial charge is 0.0197 e. The van der Waals surface area contributed by atoms with E-state index in [1.54, 1.807) is 18.5 Å². The summed E-state index contributed by atoms with van der Waals surface area (Å²) in [4.78, 5) is 0. The fourth-order valence-corrected chi connectivity index (χ4v) is 1.000. The zero-order chi connectivity index (χ0) is 5.66. The Morgan fingerprint density at radius 3 is 0.875 bits per heavy atom. The molecule has 0 aromatic carbocycles. The first-order valence-corrected chi connectivity index (χ1v) is 6.00. The van der Waals surface area contributed by atoms with Gasteiger partial charge in [-0.3, -0.25) is 0 Å². The summed E-state index contributed by atoms with van der Waals surface area (Å²) >= 11 is 0. The van der Waals surface area contributed by atoms with Crippen molar-refractivity contribution >= 4 is 9.52 Å². The molecule has 0 atom stereocenters. The zero-order valence-corrected chi connectivity index (χ0v) is 7.07. The number of hydrogen-bond acceptors (Lipinski definition) is 0. The van der Waals surface area contributed by atoms with Crippen LogP contribution in [0.4, 0.5) is 0 Å². The van der Waals surface area contributed by atoms with Gasteiger partial charge in [0.25, 0.3) is 0 Å². The zero-order valence-electron chi connectivity index (χ0n) is 5.66. The van der Waals surface area contributed by atoms with Crippen molar-refractivity contribution < 1.29 is 0 Å². The molecule has 0 aromatic heterocycles. The average molecular weight is 128 g/mol. The summed E-state index contributed by atoms with van der Waals surface area (Å²) in [5, 5.41) is 0. The molecule has 1 heterocycles. The van der Waals surface area contributed by atoms with Gasteiger partial charge in [-0.15, -0.1) is 0 Å². The predicted molar refractivity (Wildman–Crippen MR) is 41.2 cm³/mol. The Kier molecular flexibility index (Phi) is 3.27. The lowest BCUT2D eigenvalue weighted by Gasteiger charge is -2.05. The average Bonchev–Trinajstić information content (AvgIpc) is 1.12. The van der Waals surface area contributed by atoms with Crippen molar-refractivity contribution in [3.8, 4) is 0 Å². The van der Waals surface area contributed by atoms with E-state index in [1.807, 2.05) is 0 Å². The standard InChI is InChI=1S/C4H8.C3H8Si/c2*1-2-4-3-1/h2*1-4H2. The van der Waals surface area contributed by atoms with E-state index in [0.29, 0.717) is 9.52 Å². The molecule has 1 aliphatic carbocycles. The Labute approximate surface area is 54.5 Å². The summed E-state index contributed by atoms with van der Waals surface area (Å²) < 4.78 is 0. The second-order valence-electron chi connectivity index (χ2n) is 2.83. The first-order valence-electron chi connectivity index (χ1n) is 4.00. The van der Waals surface area contributed by atoms with Crippen molar-refractivity contribution in [2.75, 3.05) is 0 Å². The van der Waals surface area contributed by atoms with Gasteiger partial charge in [0, 0.05) is 9.52 Å². The molecule has 0 N–H and O–H groups in total. The summed E-state index contributed by atoms with van der Waals surface area (Å²) in [5.74, 6) is 0. The summed E-state index contributed by atoms with van der Waals surface area (Å²) in [5.41, 5.74) is 0. The third-order valence-corrected chi connectivity index (χ3v) is 4.00. The molecule has 1 heteroatoms. The third-order valence-electron chi connectivity index (χ3n) is 2.00. The molecule has 0 nitrogen and oxygen atoms in total. The highest BCUT2D eigenvalue weighted by atomic mass is 28.2. The summed E-state index contributed by atoms with van der Waals surface area (Å²) in [7, 11) is 0.605. The molecule has 0 aromatic rings. The van der Waals surface area contributed by atoms with Crippen LogP contribution in [0.15, 0.2) is 0 Å². The molecule has 1 saturated carbocycles.